The van der Waals surface area contributed by atoms with Crippen LogP contribution in [0, 0.1) is 57.2 Å². The number of allylic oxidation sites excluding steroid dienone is 5. The van der Waals surface area contributed by atoms with Crippen molar-refractivity contribution in [1.29, 1.82) is 0 Å². The minimum absolute atomic E-state index is 0.122. The highest BCUT2D eigenvalue weighted by Crippen LogP contribution is 2.76. The number of carbonyl (C=O) groups is 1. The summed E-state index contributed by atoms with van der Waals surface area (Å²) < 4.78 is 5.63. The fourth-order valence-electron chi connectivity index (χ4n) is 14.2. The Morgan fingerprint density at radius 3 is 2.40 bits per heavy atom. The fourth-order valence-corrected chi connectivity index (χ4v) is 14.2. The van der Waals surface area contributed by atoms with Crippen LogP contribution in [-0.4, -0.2) is 60.9 Å². The van der Waals surface area contributed by atoms with Crippen molar-refractivity contribution in [3.63, 3.8) is 0 Å². The summed E-state index contributed by atoms with van der Waals surface area (Å²) >= 11 is 0. The highest BCUT2D eigenvalue weighted by atomic mass is 16.5. The van der Waals surface area contributed by atoms with E-state index in [1.165, 1.54) is 68.9 Å². The van der Waals surface area contributed by atoms with Crippen LogP contribution >= 0.6 is 0 Å². The number of nitrogens with zero attached hydrogens (tertiary/aromatic N) is 1. The highest BCUT2D eigenvalue weighted by molar-refractivity contribution is 5.70. The molecule has 1 unspecified atom stereocenters. The Kier molecular flexibility index (Phi) is 8.77. The summed E-state index contributed by atoms with van der Waals surface area (Å²) in [5.74, 6) is 2.69. The molecule has 0 amide bonds. The number of nitrogens with one attached hydrogen (secondary N) is 1. The summed E-state index contributed by atoms with van der Waals surface area (Å²) in [6.07, 6.45) is 19.2. The Balaban J connectivity index is 1.15. The van der Waals surface area contributed by atoms with Crippen LogP contribution in [0.4, 0.5) is 0 Å². The number of morpholine rings is 1. The van der Waals surface area contributed by atoms with Gasteiger partial charge in [-0.05, 0) is 146 Å². The van der Waals surface area contributed by atoms with Crippen LogP contribution in [-0.2, 0) is 9.53 Å². The van der Waals surface area contributed by atoms with Crippen molar-refractivity contribution in [3.8, 4) is 0 Å². The average molecular weight is 647 g/mol. The van der Waals surface area contributed by atoms with Crippen LogP contribution in [0.3, 0.4) is 0 Å². The van der Waals surface area contributed by atoms with Crippen LogP contribution in [0.5, 0.6) is 0 Å². The van der Waals surface area contributed by atoms with Crippen molar-refractivity contribution in [1.82, 2.24) is 10.2 Å². The zero-order chi connectivity index (χ0) is 33.4. The Hall–Kier alpha value is -1.43. The van der Waals surface area contributed by atoms with Gasteiger partial charge in [0, 0.05) is 31.7 Å². The molecule has 7 rings (SSSR count). The van der Waals surface area contributed by atoms with Crippen LogP contribution in [0.15, 0.2) is 35.5 Å². The zero-order valence-electron chi connectivity index (χ0n) is 30.8. The first kappa shape index (κ1) is 34.0. The Labute approximate surface area is 286 Å². The Morgan fingerprint density at radius 2 is 1.72 bits per heavy atom. The number of aliphatic carboxylic acids is 1. The predicted octanol–water partition coefficient (Wildman–Crippen LogP) is 8.67. The molecule has 262 valence electrons. The van der Waals surface area contributed by atoms with Crippen LogP contribution in [0.25, 0.3) is 0 Å². The lowest BCUT2D eigenvalue weighted by Gasteiger charge is -2.72. The molecule has 5 heteroatoms. The third-order valence-corrected chi connectivity index (χ3v) is 16.8. The van der Waals surface area contributed by atoms with Gasteiger partial charge in [0.1, 0.15) is 0 Å². The van der Waals surface area contributed by atoms with Gasteiger partial charge in [0.05, 0.1) is 19.1 Å². The molecule has 0 bridgehead atoms. The van der Waals surface area contributed by atoms with Gasteiger partial charge in [-0.25, -0.2) is 0 Å². The van der Waals surface area contributed by atoms with Gasteiger partial charge in [-0.2, -0.15) is 0 Å². The summed E-state index contributed by atoms with van der Waals surface area (Å²) in [6.45, 7) is 26.4. The second-order valence-electron chi connectivity index (χ2n) is 18.8. The maximum Gasteiger partial charge on any atom is 0.306 e. The van der Waals surface area contributed by atoms with E-state index in [9.17, 15) is 9.90 Å². The lowest BCUT2D eigenvalue weighted by molar-refractivity contribution is -0.221. The monoisotopic (exact) mass is 647 g/mol. The summed E-state index contributed by atoms with van der Waals surface area (Å²) in [6, 6.07) is 0. The summed E-state index contributed by atoms with van der Waals surface area (Å²) in [5, 5.41) is 13.9. The van der Waals surface area contributed by atoms with Gasteiger partial charge in [0.25, 0.3) is 0 Å². The smallest absolute Gasteiger partial charge is 0.306 e. The molecule has 0 aromatic carbocycles. The van der Waals surface area contributed by atoms with Gasteiger partial charge in [0.15, 0.2) is 0 Å². The first-order valence-electron chi connectivity index (χ1n) is 19.6. The van der Waals surface area contributed by atoms with Crippen molar-refractivity contribution in [2.24, 2.45) is 57.2 Å². The summed E-state index contributed by atoms with van der Waals surface area (Å²) in [5.41, 5.74) is 5.83. The Bertz CT molecular complexity index is 1310. The van der Waals surface area contributed by atoms with Crippen molar-refractivity contribution < 1.29 is 14.6 Å². The van der Waals surface area contributed by atoms with E-state index in [4.69, 9.17) is 4.74 Å². The summed E-state index contributed by atoms with van der Waals surface area (Å²) in [7, 11) is 0. The molecule has 0 spiro atoms. The number of carboxylic acid groups (broad SMARTS) is 1. The minimum atomic E-state index is -0.628. The average Bonchev–Trinajstić information content (AvgIpc) is 3.42. The van der Waals surface area contributed by atoms with Crippen LogP contribution in [0.1, 0.15) is 119 Å². The molecule has 1 aliphatic heterocycles. The molecule has 2 N–H and O–H groups in total. The normalized spacial score (nSPS) is 46.3. The van der Waals surface area contributed by atoms with E-state index in [1.54, 1.807) is 5.57 Å². The molecular formula is C42H66N2O3. The lowest BCUT2D eigenvalue weighted by Crippen LogP contribution is -2.68. The molecular weight excluding hydrogens is 580 g/mol. The van der Waals surface area contributed by atoms with Gasteiger partial charge in [0.2, 0.25) is 0 Å². The van der Waals surface area contributed by atoms with Crippen LogP contribution < -0.4 is 5.32 Å². The first-order chi connectivity index (χ1) is 22.3. The van der Waals surface area contributed by atoms with E-state index in [0.717, 1.165) is 64.1 Å². The first-order valence-corrected chi connectivity index (χ1v) is 19.6. The maximum atomic E-state index is 11.7. The quantitative estimate of drug-likeness (QED) is 0.271. The summed E-state index contributed by atoms with van der Waals surface area (Å²) in [4.78, 5) is 14.3. The minimum Gasteiger partial charge on any atom is -0.481 e. The Morgan fingerprint density at radius 1 is 0.957 bits per heavy atom. The SMILES string of the molecule is C=C(C)[C@@H]1CC[C@]2(NCCN3CCOCC3)CC[C@]3(C)[C@H](CC[C@@H]4[C@@]5(C)CC=C(C6=CCC(C(=O)O)CC6)C(C)(C)[C@@H]5CC[C@]43C)[C@@H]12. The molecule has 5 fully saturated rings. The number of hydrogen-bond donors (Lipinski definition) is 2. The maximum absolute atomic E-state index is 11.7. The number of rotatable bonds is 7. The van der Waals surface area contributed by atoms with Gasteiger partial charge < -0.3 is 15.2 Å². The van der Waals surface area contributed by atoms with Crippen molar-refractivity contribution >= 4 is 5.97 Å². The molecule has 47 heavy (non-hydrogen) atoms. The van der Waals surface area contributed by atoms with E-state index in [2.05, 4.69) is 70.5 Å². The van der Waals surface area contributed by atoms with Gasteiger partial charge in [-0.15, -0.1) is 0 Å². The van der Waals surface area contributed by atoms with Gasteiger partial charge in [-0.3, -0.25) is 9.69 Å². The van der Waals surface area contributed by atoms with Crippen molar-refractivity contribution in [3.05, 3.63) is 35.5 Å². The predicted molar refractivity (Wildman–Crippen MR) is 191 cm³/mol. The number of ether oxygens (including phenoxy) is 1. The second kappa shape index (κ2) is 12.1. The molecule has 5 nitrogen and oxygen atoms in total. The third-order valence-electron chi connectivity index (χ3n) is 16.8. The fraction of sp³-hybridized carbons (Fsp3) is 0.833. The van der Waals surface area contributed by atoms with Gasteiger partial charge in [-0.1, -0.05) is 58.9 Å². The lowest BCUT2D eigenvalue weighted by atomic mass is 9.33. The van der Waals surface area contributed by atoms with Crippen molar-refractivity contribution in [2.75, 3.05) is 39.4 Å². The number of fused-ring (bicyclic) bond motifs is 7. The number of carboxylic acids is 1. The molecule has 0 aromatic heterocycles. The van der Waals surface area contributed by atoms with Gasteiger partial charge >= 0.3 is 5.97 Å². The molecule has 4 saturated carbocycles. The van der Waals surface area contributed by atoms with E-state index < -0.39 is 5.97 Å². The van der Waals surface area contributed by atoms with Crippen LogP contribution in [0.2, 0.25) is 0 Å². The molecule has 0 aromatic rings. The molecule has 7 aliphatic rings. The standard InChI is InChI=1S/C42H66N2O3/c1-28(2)31-14-19-42(43-22-23-44-24-26-47-27-25-44)21-20-40(6)33(36(31)42)12-13-35-39(5)17-15-32(29-8-10-30(11-9-29)37(45)46)38(3,4)34(39)16-18-41(35,40)7/h8,15,30-31,33-36,43H,1,9-14,16-27H2,2-7H3,(H,45,46)/t30?,31-,33+,34-,35+,36+,39-,40+,41+,42-/m0/s1. The second-order valence-corrected chi connectivity index (χ2v) is 18.8. The third kappa shape index (κ3) is 5.21. The zero-order valence-corrected chi connectivity index (χ0v) is 30.8. The molecule has 10 atom stereocenters. The topological polar surface area (TPSA) is 61.8 Å². The van der Waals surface area contributed by atoms with E-state index >= 15 is 0 Å². The molecule has 0 radical (unpaired) electrons. The molecule has 1 heterocycles. The van der Waals surface area contributed by atoms with Crippen molar-refractivity contribution in [2.45, 2.75) is 124 Å². The largest absolute Gasteiger partial charge is 0.481 e. The highest BCUT2D eigenvalue weighted by Gasteiger charge is 2.70. The number of hydrogen-bond acceptors (Lipinski definition) is 4. The van der Waals surface area contributed by atoms with E-state index in [1.807, 2.05) is 0 Å². The van der Waals surface area contributed by atoms with E-state index in [-0.39, 0.29) is 16.9 Å². The van der Waals surface area contributed by atoms with E-state index in [0.29, 0.717) is 40.4 Å². The molecule has 6 aliphatic carbocycles. The molecule has 1 saturated heterocycles.